The summed E-state index contributed by atoms with van der Waals surface area (Å²) in [5.41, 5.74) is 8.10. The summed E-state index contributed by atoms with van der Waals surface area (Å²) >= 11 is 0. The topological polar surface area (TPSA) is 98.7 Å². The Labute approximate surface area is 149 Å². The van der Waals surface area contributed by atoms with Gasteiger partial charge in [0.05, 0.1) is 13.0 Å². The average Bonchev–Trinajstić information content (AvgIpc) is 3.24. The maximum atomic E-state index is 12.2. The second-order valence-electron chi connectivity index (χ2n) is 6.21. The number of hydrogen-bond donors (Lipinski definition) is 1. The van der Waals surface area contributed by atoms with Crippen molar-refractivity contribution in [3.63, 3.8) is 0 Å². The normalized spacial score (nSPS) is 17.0. The van der Waals surface area contributed by atoms with Crippen molar-refractivity contribution in [3.8, 4) is 17.2 Å². The number of ether oxygens (including phenoxy) is 1. The SMILES string of the molecule is COc1ccc(-c2nc3cc(N4C[C@@H](C(N)=O)CC4=O)ccc3o2)cc1. The lowest BCUT2D eigenvalue weighted by molar-refractivity contribution is -0.123. The Kier molecular flexibility index (Phi) is 3.84. The number of primary amides is 1. The van der Waals surface area contributed by atoms with Crippen LogP contribution in [0.4, 0.5) is 5.69 Å². The van der Waals surface area contributed by atoms with Crippen LogP contribution in [0, 0.1) is 5.92 Å². The lowest BCUT2D eigenvalue weighted by Crippen LogP contribution is -2.28. The Balaban J connectivity index is 1.65. The fourth-order valence-electron chi connectivity index (χ4n) is 3.09. The van der Waals surface area contributed by atoms with E-state index in [1.54, 1.807) is 30.2 Å². The molecule has 1 atom stereocenters. The number of carbonyl (C=O) groups is 2. The minimum Gasteiger partial charge on any atom is -0.497 e. The molecule has 1 aromatic heterocycles. The van der Waals surface area contributed by atoms with Gasteiger partial charge in [-0.05, 0) is 42.5 Å². The van der Waals surface area contributed by atoms with Gasteiger partial charge in [0.2, 0.25) is 17.7 Å². The second kappa shape index (κ2) is 6.18. The first-order chi connectivity index (χ1) is 12.5. The van der Waals surface area contributed by atoms with Gasteiger partial charge in [-0.3, -0.25) is 9.59 Å². The van der Waals surface area contributed by atoms with Crippen LogP contribution in [0.1, 0.15) is 6.42 Å². The fraction of sp³-hybridized carbons (Fsp3) is 0.211. The molecule has 2 heterocycles. The zero-order chi connectivity index (χ0) is 18.3. The van der Waals surface area contributed by atoms with Gasteiger partial charge in [-0.15, -0.1) is 0 Å². The van der Waals surface area contributed by atoms with Crippen LogP contribution in [0.5, 0.6) is 5.75 Å². The van der Waals surface area contributed by atoms with Crippen molar-refractivity contribution in [2.75, 3.05) is 18.6 Å². The van der Waals surface area contributed by atoms with Crippen LogP contribution in [0.2, 0.25) is 0 Å². The van der Waals surface area contributed by atoms with Crippen molar-refractivity contribution in [2.45, 2.75) is 6.42 Å². The molecular formula is C19H17N3O4. The van der Waals surface area contributed by atoms with Gasteiger partial charge in [-0.25, -0.2) is 4.98 Å². The number of hydrogen-bond acceptors (Lipinski definition) is 5. The molecule has 0 aliphatic carbocycles. The number of methoxy groups -OCH3 is 1. The zero-order valence-electron chi connectivity index (χ0n) is 14.1. The van der Waals surface area contributed by atoms with Gasteiger partial charge in [0.25, 0.3) is 0 Å². The van der Waals surface area contributed by atoms with Crippen LogP contribution in [0.15, 0.2) is 46.9 Å². The number of rotatable bonds is 4. The first kappa shape index (κ1) is 16.1. The van der Waals surface area contributed by atoms with Crippen LogP contribution in [0.3, 0.4) is 0 Å². The third-order valence-corrected chi connectivity index (χ3v) is 4.55. The van der Waals surface area contributed by atoms with E-state index in [0.29, 0.717) is 29.2 Å². The van der Waals surface area contributed by atoms with Gasteiger partial charge in [0.15, 0.2) is 5.58 Å². The Hall–Kier alpha value is -3.35. The third kappa shape index (κ3) is 2.77. The predicted octanol–water partition coefficient (Wildman–Crippen LogP) is 2.34. The molecule has 1 saturated heterocycles. The molecule has 2 N–H and O–H groups in total. The quantitative estimate of drug-likeness (QED) is 0.778. The number of fused-ring (bicyclic) bond motifs is 1. The van der Waals surface area contributed by atoms with Gasteiger partial charge in [0, 0.05) is 24.2 Å². The van der Waals surface area contributed by atoms with Crippen molar-refractivity contribution >= 4 is 28.6 Å². The summed E-state index contributed by atoms with van der Waals surface area (Å²) in [5.74, 6) is 0.216. The number of aromatic nitrogens is 1. The second-order valence-corrected chi connectivity index (χ2v) is 6.21. The van der Waals surface area contributed by atoms with E-state index in [-0.39, 0.29) is 12.3 Å². The number of oxazole rings is 1. The van der Waals surface area contributed by atoms with Gasteiger partial charge in [-0.2, -0.15) is 0 Å². The molecule has 0 unspecified atom stereocenters. The molecule has 2 amide bonds. The van der Waals surface area contributed by atoms with Crippen molar-refractivity contribution in [1.82, 2.24) is 4.98 Å². The Morgan fingerprint density at radius 1 is 1.27 bits per heavy atom. The Morgan fingerprint density at radius 2 is 2.04 bits per heavy atom. The maximum absolute atomic E-state index is 12.2. The van der Waals surface area contributed by atoms with E-state index < -0.39 is 11.8 Å². The molecule has 1 aliphatic heterocycles. The number of nitrogens with zero attached hydrogens (tertiary/aromatic N) is 2. The van der Waals surface area contributed by atoms with Crippen LogP contribution in [-0.4, -0.2) is 30.5 Å². The van der Waals surface area contributed by atoms with Crippen molar-refractivity contribution in [3.05, 3.63) is 42.5 Å². The molecule has 0 bridgehead atoms. The lowest BCUT2D eigenvalue weighted by Gasteiger charge is -2.15. The Bertz CT molecular complexity index is 994. The summed E-state index contributed by atoms with van der Waals surface area (Å²) in [5, 5.41) is 0. The summed E-state index contributed by atoms with van der Waals surface area (Å²) < 4.78 is 11.0. The molecule has 4 rings (SSSR count). The van der Waals surface area contributed by atoms with Crippen molar-refractivity contribution in [1.29, 1.82) is 0 Å². The van der Waals surface area contributed by atoms with Crippen molar-refractivity contribution in [2.24, 2.45) is 11.7 Å². The van der Waals surface area contributed by atoms with E-state index in [1.165, 1.54) is 0 Å². The highest BCUT2D eigenvalue weighted by Gasteiger charge is 2.34. The van der Waals surface area contributed by atoms with Crippen LogP contribution in [0.25, 0.3) is 22.6 Å². The number of nitrogens with two attached hydrogens (primary N) is 1. The van der Waals surface area contributed by atoms with Crippen LogP contribution in [-0.2, 0) is 9.59 Å². The molecule has 0 radical (unpaired) electrons. The standard InChI is InChI=1S/C19H17N3O4/c1-25-14-5-2-11(3-6-14)19-21-15-9-13(4-7-16(15)26-19)22-10-12(18(20)24)8-17(22)23/h2-7,9,12H,8,10H2,1H3,(H2,20,24)/t12-/m0/s1. The summed E-state index contributed by atoms with van der Waals surface area (Å²) in [6.45, 7) is 0.295. The van der Waals surface area contributed by atoms with Crippen molar-refractivity contribution < 1.29 is 18.7 Å². The van der Waals surface area contributed by atoms with Gasteiger partial charge < -0.3 is 19.8 Å². The van der Waals surface area contributed by atoms with Gasteiger partial charge >= 0.3 is 0 Å². The minimum absolute atomic E-state index is 0.118. The fourth-order valence-corrected chi connectivity index (χ4v) is 3.09. The molecule has 0 spiro atoms. The summed E-state index contributed by atoms with van der Waals surface area (Å²) in [7, 11) is 1.61. The molecule has 1 aliphatic rings. The smallest absolute Gasteiger partial charge is 0.227 e. The maximum Gasteiger partial charge on any atom is 0.227 e. The first-order valence-corrected chi connectivity index (χ1v) is 8.20. The molecule has 132 valence electrons. The predicted molar refractivity (Wildman–Crippen MR) is 95.7 cm³/mol. The molecular weight excluding hydrogens is 334 g/mol. The van der Waals surface area contributed by atoms with Gasteiger partial charge in [-0.1, -0.05) is 0 Å². The highest BCUT2D eigenvalue weighted by Crippen LogP contribution is 2.31. The van der Waals surface area contributed by atoms with E-state index >= 15 is 0 Å². The zero-order valence-corrected chi connectivity index (χ0v) is 14.1. The molecule has 26 heavy (non-hydrogen) atoms. The van der Waals surface area contributed by atoms with E-state index in [1.807, 2.05) is 24.3 Å². The number of anilines is 1. The highest BCUT2D eigenvalue weighted by atomic mass is 16.5. The molecule has 1 fully saturated rings. The summed E-state index contributed by atoms with van der Waals surface area (Å²) in [4.78, 5) is 29.6. The minimum atomic E-state index is -0.454. The molecule has 7 heteroatoms. The van der Waals surface area contributed by atoms with E-state index in [0.717, 1.165) is 11.3 Å². The van der Waals surface area contributed by atoms with E-state index in [2.05, 4.69) is 4.98 Å². The number of carbonyl (C=O) groups excluding carboxylic acids is 2. The summed E-state index contributed by atoms with van der Waals surface area (Å²) in [6.07, 6.45) is 0.142. The van der Waals surface area contributed by atoms with E-state index in [4.69, 9.17) is 14.9 Å². The number of amides is 2. The lowest BCUT2D eigenvalue weighted by atomic mass is 10.1. The first-order valence-electron chi connectivity index (χ1n) is 8.20. The third-order valence-electron chi connectivity index (χ3n) is 4.55. The highest BCUT2D eigenvalue weighted by molar-refractivity contribution is 6.01. The largest absolute Gasteiger partial charge is 0.497 e. The average molecular weight is 351 g/mol. The molecule has 3 aromatic rings. The monoisotopic (exact) mass is 351 g/mol. The van der Waals surface area contributed by atoms with Gasteiger partial charge in [0.1, 0.15) is 11.3 Å². The van der Waals surface area contributed by atoms with Crippen LogP contribution < -0.4 is 15.4 Å². The molecule has 7 nitrogen and oxygen atoms in total. The molecule has 2 aromatic carbocycles. The Morgan fingerprint density at radius 3 is 2.69 bits per heavy atom. The molecule has 0 saturated carbocycles. The van der Waals surface area contributed by atoms with E-state index in [9.17, 15) is 9.59 Å². The number of benzene rings is 2. The van der Waals surface area contributed by atoms with Crippen LogP contribution >= 0.6 is 0 Å². The summed E-state index contributed by atoms with van der Waals surface area (Å²) in [6, 6.07) is 12.7.